The van der Waals surface area contributed by atoms with E-state index in [2.05, 4.69) is 10.3 Å². The van der Waals surface area contributed by atoms with Gasteiger partial charge in [0.2, 0.25) is 0 Å². The third-order valence-electron chi connectivity index (χ3n) is 3.54. The van der Waals surface area contributed by atoms with Crippen LogP contribution in [-0.2, 0) is 0 Å². The summed E-state index contributed by atoms with van der Waals surface area (Å²) in [4.78, 5) is 16.9. The van der Waals surface area contributed by atoms with E-state index >= 15 is 0 Å². The van der Waals surface area contributed by atoms with Crippen molar-refractivity contribution < 1.29 is 13.9 Å². The summed E-state index contributed by atoms with van der Waals surface area (Å²) in [5.74, 6) is 0.262. The number of anilines is 1. The Balaban J connectivity index is 1.80. The van der Waals surface area contributed by atoms with Crippen molar-refractivity contribution >= 4 is 32.5 Å². The number of para-hydroxylation sites is 1. The lowest BCUT2D eigenvalue weighted by molar-refractivity contribution is 0.0975. The fraction of sp³-hybridized carbons (Fsp3) is 0.222. The highest BCUT2D eigenvalue weighted by molar-refractivity contribution is 7.22. The van der Waals surface area contributed by atoms with Crippen LogP contribution in [0.5, 0.6) is 5.75 Å². The molecule has 0 bridgehead atoms. The number of carbonyl (C=O) groups excluding carboxylic acids is 1. The molecular formula is C18H17FN2O2S. The van der Waals surface area contributed by atoms with Crippen molar-refractivity contribution in [2.45, 2.75) is 19.9 Å². The minimum absolute atomic E-state index is 0.112. The molecule has 0 saturated heterocycles. The normalized spacial score (nSPS) is 12.1. The smallest absolute Gasteiger partial charge is 0.184 e. The summed E-state index contributed by atoms with van der Waals surface area (Å²) < 4.78 is 19.5. The first kappa shape index (κ1) is 16.4. The van der Waals surface area contributed by atoms with Gasteiger partial charge in [-0.2, -0.15) is 0 Å². The molecule has 1 heterocycles. The van der Waals surface area contributed by atoms with E-state index in [1.54, 1.807) is 6.92 Å². The van der Waals surface area contributed by atoms with Gasteiger partial charge in [-0.25, -0.2) is 9.37 Å². The number of aromatic nitrogens is 1. The number of benzene rings is 2. The van der Waals surface area contributed by atoms with E-state index in [9.17, 15) is 9.18 Å². The van der Waals surface area contributed by atoms with Crippen molar-refractivity contribution in [3.05, 3.63) is 53.8 Å². The molecule has 0 aliphatic carbocycles. The van der Waals surface area contributed by atoms with Crippen LogP contribution in [-0.4, -0.2) is 23.4 Å². The molecule has 1 unspecified atom stereocenters. The Hall–Kier alpha value is -2.47. The molecular weight excluding hydrogens is 327 g/mol. The Labute approximate surface area is 143 Å². The number of rotatable bonds is 6. The predicted molar refractivity (Wildman–Crippen MR) is 94.6 cm³/mol. The van der Waals surface area contributed by atoms with Gasteiger partial charge in [-0.15, -0.1) is 0 Å². The highest BCUT2D eigenvalue weighted by Gasteiger charge is 2.17. The van der Waals surface area contributed by atoms with Crippen molar-refractivity contribution in [2.24, 2.45) is 0 Å². The Kier molecular flexibility index (Phi) is 4.76. The van der Waals surface area contributed by atoms with Gasteiger partial charge in [-0.3, -0.25) is 4.79 Å². The summed E-state index contributed by atoms with van der Waals surface area (Å²) in [6.45, 7) is 4.26. The number of nitrogens with one attached hydrogen (secondary N) is 1. The lowest BCUT2D eigenvalue weighted by Gasteiger charge is -2.11. The van der Waals surface area contributed by atoms with E-state index in [0.29, 0.717) is 17.3 Å². The maximum atomic E-state index is 13.0. The van der Waals surface area contributed by atoms with Crippen LogP contribution in [0.25, 0.3) is 10.2 Å². The minimum atomic E-state index is -0.466. The predicted octanol–water partition coefficient (Wildman–Crippen LogP) is 4.52. The summed E-state index contributed by atoms with van der Waals surface area (Å²) in [5, 5.41) is 3.77. The molecule has 0 aliphatic heterocycles. The number of halogens is 1. The Morgan fingerprint density at radius 3 is 2.75 bits per heavy atom. The van der Waals surface area contributed by atoms with E-state index in [4.69, 9.17) is 4.74 Å². The zero-order chi connectivity index (χ0) is 17.1. The van der Waals surface area contributed by atoms with Crippen LogP contribution < -0.4 is 10.1 Å². The van der Waals surface area contributed by atoms with Crippen LogP contribution >= 0.6 is 11.3 Å². The van der Waals surface area contributed by atoms with Gasteiger partial charge >= 0.3 is 0 Å². The summed E-state index contributed by atoms with van der Waals surface area (Å²) >= 11 is 1.47. The molecule has 6 heteroatoms. The summed E-state index contributed by atoms with van der Waals surface area (Å²) in [6, 6.07) is 10.8. The molecule has 1 N–H and O–H groups in total. The van der Waals surface area contributed by atoms with Crippen molar-refractivity contribution in [2.75, 3.05) is 11.9 Å². The van der Waals surface area contributed by atoms with Crippen LogP contribution in [0.15, 0.2) is 42.5 Å². The summed E-state index contributed by atoms with van der Waals surface area (Å²) in [5.41, 5.74) is 1.25. The average Bonchev–Trinajstić information content (AvgIpc) is 2.98. The van der Waals surface area contributed by atoms with Crippen molar-refractivity contribution in [1.82, 2.24) is 4.98 Å². The van der Waals surface area contributed by atoms with E-state index < -0.39 is 6.04 Å². The SMILES string of the molecule is CCOc1cccc2sc(NC(C)C(=O)c3ccc(F)cc3)nc12. The van der Waals surface area contributed by atoms with Crippen LogP contribution in [0.4, 0.5) is 9.52 Å². The number of carbonyl (C=O) groups is 1. The first-order chi connectivity index (χ1) is 11.6. The molecule has 0 spiro atoms. The lowest BCUT2D eigenvalue weighted by atomic mass is 10.1. The fourth-order valence-corrected chi connectivity index (χ4v) is 3.34. The van der Waals surface area contributed by atoms with Gasteiger partial charge in [-0.05, 0) is 50.2 Å². The number of ketones is 1. The van der Waals surface area contributed by atoms with Crippen LogP contribution in [0.2, 0.25) is 0 Å². The number of hydrogen-bond donors (Lipinski definition) is 1. The van der Waals surface area contributed by atoms with Gasteiger partial charge in [0.15, 0.2) is 10.9 Å². The monoisotopic (exact) mass is 344 g/mol. The topological polar surface area (TPSA) is 51.2 Å². The Morgan fingerprint density at radius 1 is 1.29 bits per heavy atom. The Morgan fingerprint density at radius 2 is 2.04 bits per heavy atom. The third kappa shape index (κ3) is 3.38. The summed E-state index contributed by atoms with van der Waals surface area (Å²) in [7, 11) is 0. The molecule has 124 valence electrons. The Bertz CT molecular complexity index is 861. The molecule has 4 nitrogen and oxygen atoms in total. The molecule has 3 aromatic rings. The van der Waals surface area contributed by atoms with E-state index in [-0.39, 0.29) is 11.6 Å². The maximum Gasteiger partial charge on any atom is 0.184 e. The standard InChI is InChI=1S/C18H17FN2O2S/c1-3-23-14-5-4-6-15-16(14)21-18(24-15)20-11(2)17(22)12-7-9-13(19)10-8-12/h4-11H,3H2,1-2H3,(H,20,21). The highest BCUT2D eigenvalue weighted by Crippen LogP contribution is 2.32. The summed E-state index contributed by atoms with van der Waals surface area (Å²) in [6.07, 6.45) is 0. The van der Waals surface area contributed by atoms with Crippen LogP contribution in [0.3, 0.4) is 0 Å². The maximum absolute atomic E-state index is 13.0. The van der Waals surface area contributed by atoms with E-state index in [0.717, 1.165) is 16.0 Å². The minimum Gasteiger partial charge on any atom is -0.492 e. The van der Waals surface area contributed by atoms with E-state index in [1.807, 2.05) is 25.1 Å². The first-order valence-electron chi connectivity index (χ1n) is 7.67. The van der Waals surface area contributed by atoms with Gasteiger partial charge in [-0.1, -0.05) is 17.4 Å². The molecule has 24 heavy (non-hydrogen) atoms. The number of nitrogens with zero attached hydrogens (tertiary/aromatic N) is 1. The zero-order valence-corrected chi connectivity index (χ0v) is 14.2. The third-order valence-corrected chi connectivity index (χ3v) is 4.50. The quantitative estimate of drug-likeness (QED) is 0.668. The number of hydrogen-bond acceptors (Lipinski definition) is 5. The van der Waals surface area contributed by atoms with Gasteiger partial charge in [0.25, 0.3) is 0 Å². The molecule has 0 amide bonds. The average molecular weight is 344 g/mol. The van der Waals surface area contributed by atoms with Crippen molar-refractivity contribution in [3.8, 4) is 5.75 Å². The molecule has 3 rings (SSSR count). The number of fused-ring (bicyclic) bond motifs is 1. The first-order valence-corrected chi connectivity index (χ1v) is 8.49. The molecule has 0 radical (unpaired) electrons. The van der Waals surface area contributed by atoms with Gasteiger partial charge < -0.3 is 10.1 Å². The molecule has 0 aliphatic rings. The zero-order valence-electron chi connectivity index (χ0n) is 13.4. The van der Waals surface area contributed by atoms with Crippen molar-refractivity contribution in [3.63, 3.8) is 0 Å². The van der Waals surface area contributed by atoms with Gasteiger partial charge in [0.05, 0.1) is 17.3 Å². The number of Topliss-reactive ketones (excluding diaryl/α,β-unsaturated/α-hetero) is 1. The number of thiazole rings is 1. The van der Waals surface area contributed by atoms with Crippen LogP contribution in [0, 0.1) is 5.82 Å². The second kappa shape index (κ2) is 6.97. The lowest BCUT2D eigenvalue weighted by Crippen LogP contribution is -2.26. The van der Waals surface area contributed by atoms with Gasteiger partial charge in [0.1, 0.15) is 17.1 Å². The fourth-order valence-electron chi connectivity index (χ4n) is 2.37. The van der Waals surface area contributed by atoms with Gasteiger partial charge in [0, 0.05) is 5.56 Å². The number of ether oxygens (including phenoxy) is 1. The molecule has 1 aromatic heterocycles. The second-order valence-electron chi connectivity index (χ2n) is 5.29. The molecule has 2 aromatic carbocycles. The molecule has 1 atom stereocenters. The van der Waals surface area contributed by atoms with Crippen LogP contribution in [0.1, 0.15) is 24.2 Å². The largest absolute Gasteiger partial charge is 0.492 e. The molecule has 0 fully saturated rings. The van der Waals surface area contributed by atoms with E-state index in [1.165, 1.54) is 35.6 Å². The highest BCUT2D eigenvalue weighted by atomic mass is 32.1. The second-order valence-corrected chi connectivity index (χ2v) is 6.32. The van der Waals surface area contributed by atoms with Crippen molar-refractivity contribution in [1.29, 1.82) is 0 Å². The molecule has 0 saturated carbocycles.